The van der Waals surface area contributed by atoms with E-state index in [1.54, 1.807) is 0 Å². The van der Waals surface area contributed by atoms with Gasteiger partial charge in [-0.15, -0.1) is 10.2 Å². The molecule has 2 aromatic rings. The maximum Gasteiger partial charge on any atom is 0.416 e. The molecule has 2 nitrogen and oxygen atoms in total. The zero-order chi connectivity index (χ0) is 14.9. The van der Waals surface area contributed by atoms with Gasteiger partial charge in [-0.1, -0.05) is 34.2 Å². The second-order valence-electron chi connectivity index (χ2n) is 4.01. The number of halogens is 5. The monoisotopic (exact) mass is 368 g/mol. The van der Waals surface area contributed by atoms with E-state index >= 15 is 0 Å². The lowest BCUT2D eigenvalue weighted by Gasteiger charge is -2.08. The third-order valence-electron chi connectivity index (χ3n) is 2.59. The zero-order valence-corrected chi connectivity index (χ0v) is 12.6. The van der Waals surface area contributed by atoms with E-state index in [0.717, 1.165) is 29.9 Å². The van der Waals surface area contributed by atoms with Crippen molar-refractivity contribution in [3.63, 3.8) is 0 Å². The van der Waals surface area contributed by atoms with Crippen molar-refractivity contribution < 1.29 is 17.6 Å². The van der Waals surface area contributed by atoms with Crippen LogP contribution in [0.3, 0.4) is 0 Å². The van der Waals surface area contributed by atoms with Crippen LogP contribution < -0.4 is 0 Å². The number of hydrogen-bond acceptors (Lipinski definition) is 3. The molecule has 0 aliphatic rings. The summed E-state index contributed by atoms with van der Waals surface area (Å²) in [6, 6.07) is 2.26. The fraction of sp³-hybridized carbons (Fsp3) is 0.333. The summed E-state index contributed by atoms with van der Waals surface area (Å²) in [6.07, 6.45) is -3.77. The van der Waals surface area contributed by atoms with Gasteiger partial charge in [0, 0.05) is 5.56 Å². The van der Waals surface area contributed by atoms with E-state index in [0.29, 0.717) is 11.1 Å². The molecular weight excluding hydrogens is 360 g/mol. The first-order valence-corrected chi connectivity index (χ1v) is 7.40. The van der Waals surface area contributed by atoms with Crippen LogP contribution in [0.5, 0.6) is 0 Å². The van der Waals surface area contributed by atoms with E-state index in [1.165, 1.54) is 0 Å². The minimum atomic E-state index is -4.52. The van der Waals surface area contributed by atoms with Crippen LogP contribution in [0.2, 0.25) is 0 Å². The molecule has 0 aliphatic carbocycles. The molecule has 1 aromatic heterocycles. The molecule has 0 amide bonds. The van der Waals surface area contributed by atoms with Gasteiger partial charge < -0.3 is 0 Å². The zero-order valence-electron chi connectivity index (χ0n) is 10.2. The smallest absolute Gasteiger partial charge is 0.206 e. The lowest BCUT2D eigenvalue weighted by atomic mass is 10.1. The van der Waals surface area contributed by atoms with Crippen molar-refractivity contribution in [2.75, 3.05) is 0 Å². The highest BCUT2D eigenvalue weighted by Crippen LogP contribution is 2.36. The Morgan fingerprint density at radius 1 is 1.30 bits per heavy atom. The van der Waals surface area contributed by atoms with Crippen LogP contribution >= 0.6 is 27.3 Å². The van der Waals surface area contributed by atoms with Crippen LogP contribution in [0.15, 0.2) is 18.2 Å². The topological polar surface area (TPSA) is 25.8 Å². The van der Waals surface area contributed by atoms with Gasteiger partial charge >= 0.3 is 6.18 Å². The van der Waals surface area contributed by atoms with Gasteiger partial charge in [0.15, 0.2) is 5.01 Å². The number of rotatable bonds is 3. The summed E-state index contributed by atoms with van der Waals surface area (Å²) >= 11 is 4.45. The van der Waals surface area contributed by atoms with Gasteiger partial charge in [0.25, 0.3) is 0 Å². The molecule has 0 spiro atoms. The van der Waals surface area contributed by atoms with Crippen molar-refractivity contribution >= 4 is 27.3 Å². The van der Waals surface area contributed by atoms with Gasteiger partial charge in [-0.2, -0.15) is 13.2 Å². The highest BCUT2D eigenvalue weighted by Gasteiger charge is 2.31. The van der Waals surface area contributed by atoms with E-state index in [9.17, 15) is 17.6 Å². The molecule has 1 aromatic carbocycles. The largest absolute Gasteiger partial charge is 0.416 e. The van der Waals surface area contributed by atoms with Crippen LogP contribution in [0.1, 0.15) is 28.7 Å². The SMILES string of the molecule is CCC(Br)c1nnc(-c2cc(C(F)(F)F)ccc2F)s1. The molecule has 1 unspecified atom stereocenters. The van der Waals surface area contributed by atoms with Crippen molar-refractivity contribution in [3.8, 4) is 10.6 Å². The van der Waals surface area contributed by atoms with E-state index in [1.807, 2.05) is 6.92 Å². The Hall–Kier alpha value is -1.02. The summed E-state index contributed by atoms with van der Waals surface area (Å²) in [5, 5.41) is 8.39. The Labute approximate surface area is 125 Å². The van der Waals surface area contributed by atoms with Gasteiger partial charge in [-0.3, -0.25) is 0 Å². The number of alkyl halides is 4. The predicted molar refractivity (Wildman–Crippen MR) is 72.3 cm³/mol. The highest BCUT2D eigenvalue weighted by molar-refractivity contribution is 9.09. The molecule has 8 heteroatoms. The Morgan fingerprint density at radius 3 is 2.60 bits per heavy atom. The van der Waals surface area contributed by atoms with Gasteiger partial charge in [0.05, 0.1) is 10.4 Å². The number of hydrogen-bond donors (Lipinski definition) is 0. The molecular formula is C12H9BrF4N2S. The van der Waals surface area contributed by atoms with Crippen LogP contribution in [0.4, 0.5) is 17.6 Å². The summed E-state index contributed by atoms with van der Waals surface area (Å²) in [5.74, 6) is -0.747. The van der Waals surface area contributed by atoms with Crippen molar-refractivity contribution in [2.24, 2.45) is 0 Å². The number of nitrogens with zero attached hydrogens (tertiary/aromatic N) is 2. The van der Waals surface area contributed by atoms with Crippen molar-refractivity contribution in [1.82, 2.24) is 10.2 Å². The molecule has 20 heavy (non-hydrogen) atoms. The second kappa shape index (κ2) is 5.77. The standard InChI is InChI=1S/C12H9BrF4N2S/c1-2-8(13)11-19-18-10(20-11)7-5-6(12(15,16)17)3-4-9(7)14/h3-5,8H,2H2,1H3. The van der Waals surface area contributed by atoms with Crippen LogP contribution in [0, 0.1) is 5.82 Å². The quantitative estimate of drug-likeness (QED) is 0.548. The van der Waals surface area contributed by atoms with E-state index in [2.05, 4.69) is 26.1 Å². The Kier molecular flexibility index (Phi) is 4.43. The summed E-state index contributed by atoms with van der Waals surface area (Å²) in [7, 11) is 0. The molecule has 2 rings (SSSR count). The molecule has 0 radical (unpaired) electrons. The summed E-state index contributed by atoms with van der Waals surface area (Å²) in [4.78, 5) is -0.0393. The van der Waals surface area contributed by atoms with Crippen LogP contribution in [-0.2, 0) is 6.18 Å². The molecule has 0 saturated heterocycles. The average Bonchev–Trinajstić information content (AvgIpc) is 2.86. The Bertz CT molecular complexity index is 612. The van der Waals surface area contributed by atoms with E-state index in [-0.39, 0.29) is 15.4 Å². The number of benzene rings is 1. The van der Waals surface area contributed by atoms with Crippen LogP contribution in [-0.4, -0.2) is 10.2 Å². The average molecular weight is 369 g/mol. The molecule has 0 bridgehead atoms. The maximum atomic E-state index is 13.7. The minimum Gasteiger partial charge on any atom is -0.206 e. The summed E-state index contributed by atoms with van der Waals surface area (Å²) in [5.41, 5.74) is -1.09. The molecule has 0 fully saturated rings. The molecule has 0 N–H and O–H groups in total. The first-order valence-electron chi connectivity index (χ1n) is 5.67. The van der Waals surface area contributed by atoms with Gasteiger partial charge in [-0.05, 0) is 24.6 Å². The highest BCUT2D eigenvalue weighted by atomic mass is 79.9. The van der Waals surface area contributed by atoms with E-state index in [4.69, 9.17) is 0 Å². The normalized spacial score (nSPS) is 13.5. The van der Waals surface area contributed by atoms with Crippen molar-refractivity contribution in [2.45, 2.75) is 24.3 Å². The molecule has 0 saturated carbocycles. The molecule has 108 valence electrons. The lowest BCUT2D eigenvalue weighted by molar-refractivity contribution is -0.137. The van der Waals surface area contributed by atoms with Crippen molar-refractivity contribution in [1.29, 1.82) is 0 Å². The minimum absolute atomic E-state index is 0.0393. The predicted octanol–water partition coefficient (Wildman–Crippen LogP) is 5.21. The fourth-order valence-corrected chi connectivity index (χ4v) is 2.80. The van der Waals surface area contributed by atoms with Crippen LogP contribution in [0.25, 0.3) is 10.6 Å². The fourth-order valence-electron chi connectivity index (χ4n) is 1.51. The van der Waals surface area contributed by atoms with Gasteiger partial charge in [-0.25, -0.2) is 4.39 Å². The molecule has 1 atom stereocenters. The summed E-state index contributed by atoms with van der Waals surface area (Å²) in [6.45, 7) is 1.92. The van der Waals surface area contributed by atoms with Gasteiger partial charge in [0.2, 0.25) is 0 Å². The lowest BCUT2D eigenvalue weighted by Crippen LogP contribution is -2.05. The second-order valence-corrected chi connectivity index (χ2v) is 6.13. The maximum absolute atomic E-state index is 13.7. The summed E-state index contributed by atoms with van der Waals surface area (Å²) < 4.78 is 51.6. The third-order valence-corrected chi connectivity index (χ3v) is 5.05. The Morgan fingerprint density at radius 2 is 2.00 bits per heavy atom. The van der Waals surface area contributed by atoms with Crippen molar-refractivity contribution in [3.05, 3.63) is 34.6 Å². The third kappa shape index (κ3) is 3.17. The number of aromatic nitrogens is 2. The Balaban J connectivity index is 2.44. The van der Waals surface area contributed by atoms with Gasteiger partial charge in [0.1, 0.15) is 10.8 Å². The first-order chi connectivity index (χ1) is 9.32. The van der Waals surface area contributed by atoms with E-state index < -0.39 is 17.6 Å². The molecule has 0 aliphatic heterocycles. The molecule has 1 heterocycles. The first kappa shape index (κ1) is 15.4.